The molecule has 2 rings (SSSR count). The lowest BCUT2D eigenvalue weighted by molar-refractivity contribution is 0.143. The van der Waals surface area contributed by atoms with Gasteiger partial charge in [0, 0.05) is 19.8 Å². The van der Waals surface area contributed by atoms with E-state index in [0.29, 0.717) is 0 Å². The van der Waals surface area contributed by atoms with E-state index in [1.165, 1.54) is 43.2 Å². The highest BCUT2D eigenvalue weighted by molar-refractivity contribution is 5.37. The summed E-state index contributed by atoms with van der Waals surface area (Å²) in [7, 11) is 0. The number of hydrogen-bond acceptors (Lipinski definition) is 3. The molecule has 0 aromatic heterocycles. The van der Waals surface area contributed by atoms with E-state index in [9.17, 15) is 0 Å². The summed E-state index contributed by atoms with van der Waals surface area (Å²) in [6.45, 7) is 6.43. The van der Waals surface area contributed by atoms with E-state index in [-0.39, 0.29) is 0 Å². The van der Waals surface area contributed by atoms with E-state index < -0.39 is 0 Å². The van der Waals surface area contributed by atoms with Gasteiger partial charge in [-0.25, -0.2) is 0 Å². The van der Waals surface area contributed by atoms with Gasteiger partial charge in [0.2, 0.25) is 0 Å². The van der Waals surface area contributed by atoms with Crippen molar-refractivity contribution in [3.63, 3.8) is 0 Å². The van der Waals surface area contributed by atoms with Crippen molar-refractivity contribution in [2.45, 2.75) is 45.4 Å². The van der Waals surface area contributed by atoms with Crippen LogP contribution in [-0.4, -0.2) is 32.9 Å². The van der Waals surface area contributed by atoms with Gasteiger partial charge in [-0.3, -0.25) is 0 Å². The first-order valence-electron chi connectivity index (χ1n) is 8.43. The molecule has 21 heavy (non-hydrogen) atoms. The van der Waals surface area contributed by atoms with Crippen LogP contribution in [0.5, 0.6) is 5.75 Å². The maximum atomic E-state index is 5.83. The third kappa shape index (κ3) is 6.06. The van der Waals surface area contributed by atoms with Gasteiger partial charge in [0.25, 0.3) is 0 Å². The Morgan fingerprint density at radius 1 is 1.00 bits per heavy atom. The molecule has 3 nitrogen and oxygen atoms in total. The molecule has 1 aliphatic rings. The van der Waals surface area contributed by atoms with E-state index in [4.69, 9.17) is 9.47 Å². The molecule has 1 aromatic carbocycles. The Balaban J connectivity index is 1.54. The highest BCUT2D eigenvalue weighted by Crippen LogP contribution is 2.25. The largest absolute Gasteiger partial charge is 0.492 e. The fourth-order valence-electron chi connectivity index (χ4n) is 2.76. The van der Waals surface area contributed by atoms with Crippen LogP contribution in [0.25, 0.3) is 0 Å². The van der Waals surface area contributed by atoms with Gasteiger partial charge < -0.3 is 14.8 Å². The molecular formula is C18H29NO2. The number of unbranched alkanes of at least 4 members (excludes halogenated alkanes) is 1. The standard InChI is InChI=1S/C18H29NO2/c1-2-20-13-6-5-11-19-12-14-21-18-10-9-16-7-3-4-8-17(16)15-18/h9-10,15,19H,2-8,11-14H2,1H3. The molecule has 118 valence electrons. The second kappa shape index (κ2) is 9.80. The summed E-state index contributed by atoms with van der Waals surface area (Å²) in [5, 5.41) is 3.41. The minimum absolute atomic E-state index is 0.740. The Morgan fingerprint density at radius 2 is 1.86 bits per heavy atom. The van der Waals surface area contributed by atoms with Crippen molar-refractivity contribution < 1.29 is 9.47 Å². The summed E-state index contributed by atoms with van der Waals surface area (Å²) in [5.74, 6) is 1.02. The molecule has 0 heterocycles. The Morgan fingerprint density at radius 3 is 2.71 bits per heavy atom. The summed E-state index contributed by atoms with van der Waals surface area (Å²) < 4.78 is 11.1. The predicted molar refractivity (Wildman–Crippen MR) is 87.2 cm³/mol. The van der Waals surface area contributed by atoms with Crippen molar-refractivity contribution in [1.29, 1.82) is 0 Å². The molecule has 0 spiro atoms. The zero-order chi connectivity index (χ0) is 14.8. The minimum Gasteiger partial charge on any atom is -0.492 e. The van der Waals surface area contributed by atoms with Crippen molar-refractivity contribution in [2.24, 2.45) is 0 Å². The summed E-state index contributed by atoms with van der Waals surface area (Å²) in [4.78, 5) is 0. The molecule has 0 radical (unpaired) electrons. The fraction of sp³-hybridized carbons (Fsp3) is 0.667. The highest BCUT2D eigenvalue weighted by atomic mass is 16.5. The average molecular weight is 291 g/mol. The van der Waals surface area contributed by atoms with Gasteiger partial charge >= 0.3 is 0 Å². The number of fused-ring (bicyclic) bond motifs is 1. The third-order valence-corrected chi connectivity index (χ3v) is 3.96. The van der Waals surface area contributed by atoms with Crippen LogP contribution < -0.4 is 10.1 Å². The lowest BCUT2D eigenvalue weighted by atomic mass is 9.92. The van der Waals surface area contributed by atoms with Crippen LogP contribution in [0.15, 0.2) is 18.2 Å². The summed E-state index contributed by atoms with van der Waals surface area (Å²) >= 11 is 0. The lowest BCUT2D eigenvalue weighted by Crippen LogP contribution is -2.22. The van der Waals surface area contributed by atoms with E-state index in [2.05, 4.69) is 23.5 Å². The monoisotopic (exact) mass is 291 g/mol. The first-order valence-corrected chi connectivity index (χ1v) is 8.43. The third-order valence-electron chi connectivity index (χ3n) is 3.96. The maximum absolute atomic E-state index is 5.83. The normalized spacial score (nSPS) is 14.0. The van der Waals surface area contributed by atoms with Crippen LogP contribution in [0.4, 0.5) is 0 Å². The molecule has 1 N–H and O–H groups in total. The molecule has 0 aliphatic heterocycles. The van der Waals surface area contributed by atoms with Crippen LogP contribution in [0.3, 0.4) is 0 Å². The van der Waals surface area contributed by atoms with Crippen LogP contribution in [0, 0.1) is 0 Å². The van der Waals surface area contributed by atoms with E-state index in [1.807, 2.05) is 6.92 Å². The molecule has 1 aliphatic carbocycles. The molecule has 0 amide bonds. The zero-order valence-electron chi connectivity index (χ0n) is 13.3. The van der Waals surface area contributed by atoms with Crippen LogP contribution >= 0.6 is 0 Å². The molecule has 0 atom stereocenters. The van der Waals surface area contributed by atoms with Crippen LogP contribution in [0.2, 0.25) is 0 Å². The smallest absolute Gasteiger partial charge is 0.119 e. The van der Waals surface area contributed by atoms with E-state index in [1.54, 1.807) is 0 Å². The van der Waals surface area contributed by atoms with Crippen molar-refractivity contribution in [3.8, 4) is 5.75 Å². The van der Waals surface area contributed by atoms with Crippen molar-refractivity contribution in [1.82, 2.24) is 5.32 Å². The SMILES string of the molecule is CCOCCCCNCCOc1ccc2c(c1)CCCC2. The first-order chi connectivity index (χ1) is 10.4. The molecule has 1 aromatic rings. The number of ether oxygens (including phenoxy) is 2. The number of rotatable bonds is 10. The van der Waals surface area contributed by atoms with Gasteiger partial charge in [0.05, 0.1) is 0 Å². The summed E-state index contributed by atoms with van der Waals surface area (Å²) in [6, 6.07) is 6.59. The Hall–Kier alpha value is -1.06. The van der Waals surface area contributed by atoms with E-state index in [0.717, 1.165) is 45.1 Å². The van der Waals surface area contributed by atoms with Crippen LogP contribution in [0.1, 0.15) is 43.7 Å². The van der Waals surface area contributed by atoms with Gasteiger partial charge in [-0.1, -0.05) is 6.07 Å². The second-order valence-electron chi connectivity index (χ2n) is 5.64. The first kappa shape index (κ1) is 16.3. The fourth-order valence-corrected chi connectivity index (χ4v) is 2.76. The molecular weight excluding hydrogens is 262 g/mol. The number of benzene rings is 1. The van der Waals surface area contributed by atoms with E-state index >= 15 is 0 Å². The minimum atomic E-state index is 0.740. The Kier molecular flexibility index (Phi) is 7.61. The zero-order valence-corrected chi connectivity index (χ0v) is 13.3. The molecule has 0 saturated heterocycles. The van der Waals surface area contributed by atoms with Crippen molar-refractivity contribution >= 4 is 0 Å². The van der Waals surface area contributed by atoms with Gasteiger partial charge in [0.1, 0.15) is 12.4 Å². The van der Waals surface area contributed by atoms with Crippen molar-refractivity contribution in [2.75, 3.05) is 32.9 Å². The van der Waals surface area contributed by atoms with Crippen LogP contribution in [-0.2, 0) is 17.6 Å². The topological polar surface area (TPSA) is 30.5 Å². The lowest BCUT2D eigenvalue weighted by Gasteiger charge is -2.16. The van der Waals surface area contributed by atoms with Gasteiger partial charge in [-0.15, -0.1) is 0 Å². The maximum Gasteiger partial charge on any atom is 0.119 e. The average Bonchev–Trinajstić information content (AvgIpc) is 2.53. The van der Waals surface area contributed by atoms with Gasteiger partial charge in [-0.2, -0.15) is 0 Å². The number of aryl methyl sites for hydroxylation is 2. The molecule has 0 unspecified atom stereocenters. The second-order valence-corrected chi connectivity index (χ2v) is 5.64. The van der Waals surface area contributed by atoms with Gasteiger partial charge in [0.15, 0.2) is 0 Å². The summed E-state index contributed by atoms with van der Waals surface area (Å²) in [6.07, 6.45) is 7.40. The molecule has 0 bridgehead atoms. The quantitative estimate of drug-likeness (QED) is 0.671. The number of nitrogens with one attached hydrogen (secondary N) is 1. The Labute approximate surface area is 129 Å². The summed E-state index contributed by atoms with van der Waals surface area (Å²) in [5.41, 5.74) is 3.00. The Bertz CT molecular complexity index is 406. The van der Waals surface area contributed by atoms with Crippen molar-refractivity contribution in [3.05, 3.63) is 29.3 Å². The van der Waals surface area contributed by atoms with Gasteiger partial charge in [-0.05, 0) is 75.3 Å². The molecule has 0 fully saturated rings. The predicted octanol–water partition coefficient (Wildman–Crippen LogP) is 3.35. The number of hydrogen-bond donors (Lipinski definition) is 1. The molecule has 3 heteroatoms. The highest BCUT2D eigenvalue weighted by Gasteiger charge is 2.09. The molecule has 0 saturated carbocycles.